The number of anilines is 1. The van der Waals surface area contributed by atoms with E-state index < -0.39 is 0 Å². The van der Waals surface area contributed by atoms with E-state index in [0.29, 0.717) is 17.3 Å². The molecule has 1 fully saturated rings. The molecular weight excluding hydrogens is 200 g/mol. The number of amides is 1. The molecule has 4 heteroatoms. The van der Waals surface area contributed by atoms with Gasteiger partial charge in [0.1, 0.15) is 5.82 Å². The third-order valence-electron chi connectivity index (χ3n) is 2.31. The van der Waals surface area contributed by atoms with Crippen LogP contribution in [0.15, 0.2) is 18.3 Å². The number of halogens is 1. The lowest BCUT2D eigenvalue weighted by atomic mass is 10.1. The van der Waals surface area contributed by atoms with Gasteiger partial charge in [-0.2, -0.15) is 0 Å². The SMILES string of the molecule is O=C1CCCCN1c1cc(Cl)ccn1. The Morgan fingerprint density at radius 2 is 2.29 bits per heavy atom. The van der Waals surface area contributed by atoms with E-state index in [1.165, 1.54) is 0 Å². The van der Waals surface area contributed by atoms with Crippen molar-refractivity contribution in [1.29, 1.82) is 0 Å². The quantitative estimate of drug-likeness (QED) is 0.713. The van der Waals surface area contributed by atoms with E-state index in [-0.39, 0.29) is 5.91 Å². The molecule has 0 N–H and O–H groups in total. The van der Waals surface area contributed by atoms with Gasteiger partial charge in [-0.3, -0.25) is 9.69 Å². The molecular formula is C10H11ClN2O. The molecule has 2 rings (SSSR count). The second-order valence-corrected chi connectivity index (χ2v) is 3.77. The molecule has 0 radical (unpaired) electrons. The molecule has 74 valence electrons. The third-order valence-corrected chi connectivity index (χ3v) is 2.54. The van der Waals surface area contributed by atoms with Gasteiger partial charge in [-0.15, -0.1) is 0 Å². The fourth-order valence-corrected chi connectivity index (χ4v) is 1.74. The summed E-state index contributed by atoms with van der Waals surface area (Å²) in [7, 11) is 0. The van der Waals surface area contributed by atoms with Gasteiger partial charge >= 0.3 is 0 Å². The van der Waals surface area contributed by atoms with Gasteiger partial charge in [0.05, 0.1) is 0 Å². The average Bonchev–Trinajstić information content (AvgIpc) is 2.18. The zero-order valence-corrected chi connectivity index (χ0v) is 8.50. The van der Waals surface area contributed by atoms with Crippen molar-refractivity contribution in [2.45, 2.75) is 19.3 Å². The maximum Gasteiger partial charge on any atom is 0.228 e. The predicted octanol–water partition coefficient (Wildman–Crippen LogP) is 2.25. The third kappa shape index (κ3) is 1.87. The van der Waals surface area contributed by atoms with Crippen LogP contribution < -0.4 is 4.90 Å². The summed E-state index contributed by atoms with van der Waals surface area (Å²) in [5.41, 5.74) is 0. The first-order chi connectivity index (χ1) is 6.77. The van der Waals surface area contributed by atoms with Crippen LogP contribution in [0, 0.1) is 0 Å². The molecule has 2 heterocycles. The summed E-state index contributed by atoms with van der Waals surface area (Å²) in [4.78, 5) is 17.4. The van der Waals surface area contributed by atoms with Crippen molar-refractivity contribution in [3.63, 3.8) is 0 Å². The molecule has 0 unspecified atom stereocenters. The highest BCUT2D eigenvalue weighted by Gasteiger charge is 2.20. The van der Waals surface area contributed by atoms with Crippen LogP contribution in [-0.4, -0.2) is 17.4 Å². The van der Waals surface area contributed by atoms with Gasteiger partial charge in [-0.1, -0.05) is 11.6 Å². The normalized spacial score (nSPS) is 17.2. The molecule has 3 nitrogen and oxygen atoms in total. The van der Waals surface area contributed by atoms with Crippen LogP contribution in [0.1, 0.15) is 19.3 Å². The predicted molar refractivity (Wildman–Crippen MR) is 55.5 cm³/mol. The van der Waals surface area contributed by atoms with Gasteiger partial charge in [0.25, 0.3) is 0 Å². The minimum atomic E-state index is 0.144. The number of aromatic nitrogens is 1. The summed E-state index contributed by atoms with van der Waals surface area (Å²) in [6, 6.07) is 3.43. The molecule has 0 spiro atoms. The van der Waals surface area contributed by atoms with Crippen LogP contribution >= 0.6 is 11.6 Å². The summed E-state index contributed by atoms with van der Waals surface area (Å²) in [6.45, 7) is 0.756. The standard InChI is InChI=1S/C10H11ClN2O/c11-8-4-5-12-9(7-8)13-6-2-1-3-10(13)14/h4-5,7H,1-3,6H2. The second kappa shape index (κ2) is 3.96. The first kappa shape index (κ1) is 9.46. The molecule has 1 amide bonds. The fourth-order valence-electron chi connectivity index (χ4n) is 1.59. The second-order valence-electron chi connectivity index (χ2n) is 3.33. The van der Waals surface area contributed by atoms with Crippen molar-refractivity contribution in [3.05, 3.63) is 23.4 Å². The Morgan fingerprint density at radius 3 is 3.00 bits per heavy atom. The molecule has 1 aromatic rings. The zero-order chi connectivity index (χ0) is 9.97. The Labute approximate surface area is 87.7 Å². The Kier molecular flexibility index (Phi) is 2.68. The molecule has 1 aliphatic rings. The monoisotopic (exact) mass is 210 g/mol. The summed E-state index contributed by atoms with van der Waals surface area (Å²) in [5, 5.41) is 0.619. The Morgan fingerprint density at radius 1 is 1.43 bits per heavy atom. The summed E-state index contributed by atoms with van der Waals surface area (Å²) < 4.78 is 0. The van der Waals surface area contributed by atoms with Crippen LogP contribution in [0.25, 0.3) is 0 Å². The Balaban J connectivity index is 2.24. The topological polar surface area (TPSA) is 33.2 Å². The lowest BCUT2D eigenvalue weighted by Crippen LogP contribution is -2.35. The first-order valence-corrected chi connectivity index (χ1v) is 5.07. The lowest BCUT2D eigenvalue weighted by molar-refractivity contribution is -0.119. The maximum atomic E-state index is 11.5. The van der Waals surface area contributed by atoms with Crippen LogP contribution in [0.5, 0.6) is 0 Å². The van der Waals surface area contributed by atoms with Gasteiger partial charge in [-0.25, -0.2) is 4.98 Å². The van der Waals surface area contributed by atoms with Gasteiger partial charge in [0.15, 0.2) is 0 Å². The van der Waals surface area contributed by atoms with E-state index in [9.17, 15) is 4.79 Å². The largest absolute Gasteiger partial charge is 0.297 e. The molecule has 0 saturated carbocycles. The van der Waals surface area contributed by atoms with Crippen molar-refractivity contribution < 1.29 is 4.79 Å². The lowest BCUT2D eigenvalue weighted by Gasteiger charge is -2.25. The van der Waals surface area contributed by atoms with E-state index in [1.54, 1.807) is 23.2 Å². The zero-order valence-electron chi connectivity index (χ0n) is 7.74. The highest BCUT2D eigenvalue weighted by atomic mass is 35.5. The van der Waals surface area contributed by atoms with E-state index in [4.69, 9.17) is 11.6 Å². The van der Waals surface area contributed by atoms with E-state index in [1.807, 2.05) is 0 Å². The molecule has 0 aliphatic carbocycles. The van der Waals surface area contributed by atoms with Gasteiger partial charge in [-0.05, 0) is 25.0 Å². The molecule has 0 bridgehead atoms. The van der Waals surface area contributed by atoms with Crippen LogP contribution in [-0.2, 0) is 4.79 Å². The van der Waals surface area contributed by atoms with Crippen LogP contribution in [0.3, 0.4) is 0 Å². The van der Waals surface area contributed by atoms with Crippen molar-refractivity contribution in [1.82, 2.24) is 4.98 Å². The minimum absolute atomic E-state index is 0.144. The fraction of sp³-hybridized carbons (Fsp3) is 0.400. The smallest absolute Gasteiger partial charge is 0.228 e. The number of carbonyl (C=O) groups is 1. The van der Waals surface area contributed by atoms with E-state index in [2.05, 4.69) is 4.98 Å². The number of pyridine rings is 1. The highest BCUT2D eigenvalue weighted by Crippen LogP contribution is 2.20. The summed E-state index contributed by atoms with van der Waals surface area (Å²) in [6.07, 6.45) is 4.27. The van der Waals surface area contributed by atoms with Gasteiger partial charge < -0.3 is 0 Å². The van der Waals surface area contributed by atoms with Crippen molar-refractivity contribution in [3.8, 4) is 0 Å². The number of piperidine rings is 1. The molecule has 1 saturated heterocycles. The van der Waals surface area contributed by atoms with Gasteiger partial charge in [0.2, 0.25) is 5.91 Å². The Hall–Kier alpha value is -1.09. The van der Waals surface area contributed by atoms with Crippen molar-refractivity contribution in [2.24, 2.45) is 0 Å². The number of rotatable bonds is 1. The number of nitrogens with zero attached hydrogens (tertiary/aromatic N) is 2. The maximum absolute atomic E-state index is 11.5. The van der Waals surface area contributed by atoms with Gasteiger partial charge in [0, 0.05) is 24.2 Å². The molecule has 1 aliphatic heterocycles. The van der Waals surface area contributed by atoms with Crippen LogP contribution in [0.4, 0.5) is 5.82 Å². The van der Waals surface area contributed by atoms with Crippen molar-refractivity contribution >= 4 is 23.3 Å². The summed E-state index contributed by atoms with van der Waals surface area (Å²) >= 11 is 5.83. The van der Waals surface area contributed by atoms with Crippen LogP contribution in [0.2, 0.25) is 5.02 Å². The first-order valence-electron chi connectivity index (χ1n) is 4.69. The minimum Gasteiger partial charge on any atom is -0.297 e. The molecule has 14 heavy (non-hydrogen) atoms. The van der Waals surface area contributed by atoms with E-state index >= 15 is 0 Å². The van der Waals surface area contributed by atoms with E-state index in [0.717, 1.165) is 19.4 Å². The number of carbonyl (C=O) groups excluding carboxylic acids is 1. The Bertz CT molecular complexity index is 354. The summed E-state index contributed by atoms with van der Waals surface area (Å²) in [5.74, 6) is 0.813. The number of hydrogen-bond donors (Lipinski definition) is 0. The molecule has 1 aromatic heterocycles. The molecule has 0 atom stereocenters. The average molecular weight is 211 g/mol. The number of hydrogen-bond acceptors (Lipinski definition) is 2. The van der Waals surface area contributed by atoms with Crippen molar-refractivity contribution in [2.75, 3.05) is 11.4 Å². The highest BCUT2D eigenvalue weighted by molar-refractivity contribution is 6.30. The molecule has 0 aromatic carbocycles.